The van der Waals surface area contributed by atoms with Crippen molar-refractivity contribution in [3.05, 3.63) is 132 Å². The van der Waals surface area contributed by atoms with E-state index >= 15 is 8.78 Å². The molecule has 7 heterocycles. The number of hydrogen-bond acceptors (Lipinski definition) is 13. The third kappa shape index (κ3) is 12.9. The summed E-state index contributed by atoms with van der Waals surface area (Å²) in [5.74, 6) is -4.12. The van der Waals surface area contributed by atoms with Crippen LogP contribution in [0.4, 0.5) is 24.5 Å². The second-order valence-corrected chi connectivity index (χ2v) is 23.9. The number of aliphatic hydroxyl groups excluding tert-OH is 1. The number of piperidine rings is 1. The molecule has 6 atom stereocenters. The molecule has 434 valence electrons. The van der Waals surface area contributed by atoms with Crippen LogP contribution in [0, 0.1) is 23.0 Å². The molecular weight excluding hydrogens is 1080 g/mol. The Bertz CT molecular complexity index is 3300. The van der Waals surface area contributed by atoms with Gasteiger partial charge < -0.3 is 40.0 Å². The van der Waals surface area contributed by atoms with Gasteiger partial charge in [-0.3, -0.25) is 33.3 Å². The molecule has 3 aromatic heterocycles. The first kappa shape index (κ1) is 58.1. The first-order valence-electron chi connectivity index (χ1n) is 28.0. The predicted octanol–water partition coefficient (Wildman–Crippen LogP) is 6.56. The van der Waals surface area contributed by atoms with Crippen LogP contribution in [0.3, 0.4) is 0 Å². The van der Waals surface area contributed by atoms with E-state index in [9.17, 15) is 37.4 Å². The Morgan fingerprint density at radius 2 is 1.50 bits per heavy atom. The van der Waals surface area contributed by atoms with Crippen molar-refractivity contribution >= 4 is 57.2 Å². The molecule has 0 spiro atoms. The Morgan fingerprint density at radius 1 is 0.841 bits per heavy atom. The maximum atomic E-state index is 16.1. The van der Waals surface area contributed by atoms with Gasteiger partial charge in [0.2, 0.25) is 23.5 Å². The fourth-order valence-corrected chi connectivity index (χ4v) is 12.4. The zero-order valence-corrected chi connectivity index (χ0v) is 47.2. The van der Waals surface area contributed by atoms with E-state index in [0.29, 0.717) is 40.0 Å². The minimum absolute atomic E-state index is 0.00969. The standard InChI is InChI=1S/C60H70F3N11O7S/c1-37(39-5-7-40(8-6-39)42-15-20-64-21-16-42)67-58(78)51-30-46(75)35-73(51)59(79)56(60(2,3)4)68-52(76)36-70-27-25-69(26-28-70)33-38-17-22-71(23-18-38)45-11-9-41(10-12-45)43-29-47-48(32-66-57(47)65-31-43)55(77)53-49(62)13-14-50(54(53)63)74(82(80)81)72-24-19-44(61)34-72/h5-16,20-21,29,31-32,37-38,44,46,51,56,75H,17-19,22-28,30,33-36H2,1-4H3,(H,65,66)(H,67,78)(H,68,76)(H,80,81)/p-1/t37-,44+,46+,51-,56+/m0/s1. The minimum Gasteiger partial charge on any atom is -0.754 e. The zero-order valence-electron chi connectivity index (χ0n) is 46.4. The normalized spacial score (nSPS) is 20.7. The largest absolute Gasteiger partial charge is 0.754 e. The zero-order chi connectivity index (χ0) is 58.0. The Hall–Kier alpha value is -7.08. The molecule has 0 saturated carbocycles. The van der Waals surface area contributed by atoms with Gasteiger partial charge in [0.15, 0.2) is 5.82 Å². The number of halogens is 3. The Labute approximate surface area is 477 Å². The van der Waals surface area contributed by atoms with E-state index in [4.69, 9.17) is 0 Å². The molecule has 6 aromatic rings. The van der Waals surface area contributed by atoms with Gasteiger partial charge >= 0.3 is 0 Å². The van der Waals surface area contributed by atoms with E-state index in [-0.39, 0.29) is 62.4 Å². The van der Waals surface area contributed by atoms with E-state index in [2.05, 4.69) is 40.3 Å². The summed E-state index contributed by atoms with van der Waals surface area (Å²) in [5, 5.41) is 18.2. The van der Waals surface area contributed by atoms with Crippen LogP contribution in [0.15, 0.2) is 104 Å². The summed E-state index contributed by atoms with van der Waals surface area (Å²) in [6.07, 6.45) is 6.35. The summed E-state index contributed by atoms with van der Waals surface area (Å²) < 4.78 is 70.4. The molecule has 0 radical (unpaired) electrons. The van der Waals surface area contributed by atoms with Crippen molar-refractivity contribution in [1.82, 2.24) is 45.3 Å². The van der Waals surface area contributed by atoms with Crippen molar-refractivity contribution in [2.75, 3.05) is 81.3 Å². The number of amides is 3. The average molecular weight is 1150 g/mol. The van der Waals surface area contributed by atoms with Gasteiger partial charge in [0.25, 0.3) is 0 Å². The number of aromatic nitrogens is 3. The molecule has 0 bridgehead atoms. The molecule has 1 unspecified atom stereocenters. The van der Waals surface area contributed by atoms with Gasteiger partial charge in [-0.2, -0.15) is 0 Å². The van der Waals surface area contributed by atoms with E-state index in [1.807, 2.05) is 88.4 Å². The number of nitrogens with zero attached hydrogens (tertiary/aromatic N) is 8. The van der Waals surface area contributed by atoms with E-state index in [1.54, 1.807) is 24.7 Å². The number of ketones is 1. The number of benzene rings is 3. The monoisotopic (exact) mass is 1140 g/mol. The van der Waals surface area contributed by atoms with Crippen LogP contribution < -0.4 is 19.9 Å². The lowest BCUT2D eigenvalue weighted by molar-refractivity contribution is -0.144. The van der Waals surface area contributed by atoms with E-state index in [1.165, 1.54) is 11.1 Å². The number of piperazine rings is 1. The SMILES string of the molecule is C[C@H](NC(=O)[C@@H]1C[C@@H](O)CN1C(=O)[C@@H](NC(=O)CN1CCN(CC2CCN(c3ccc(-c4cnc5[nH]cc(C(=O)c6c(F)ccc(N(N7CC[C@@H](F)C7)S(=O)[O-])c6F)c5c4)cc3)CC2)CC1)C(C)(C)C)c1ccc(-c2ccncc2)cc1. The number of alkyl halides is 1. The number of hydrazine groups is 1. The third-order valence-corrected chi connectivity index (χ3v) is 17.1. The van der Waals surface area contributed by atoms with Crippen LogP contribution in [0.1, 0.15) is 80.9 Å². The molecule has 22 heteroatoms. The third-order valence-electron chi connectivity index (χ3n) is 16.4. The van der Waals surface area contributed by atoms with Gasteiger partial charge in [-0.05, 0) is 102 Å². The lowest BCUT2D eigenvalue weighted by atomic mass is 9.85. The highest BCUT2D eigenvalue weighted by molar-refractivity contribution is 7.80. The summed E-state index contributed by atoms with van der Waals surface area (Å²) in [6.45, 7) is 13.0. The van der Waals surface area contributed by atoms with Crippen molar-refractivity contribution in [3.8, 4) is 22.3 Å². The van der Waals surface area contributed by atoms with Crippen LogP contribution in [0.5, 0.6) is 0 Å². The maximum absolute atomic E-state index is 16.1. The fourth-order valence-electron chi connectivity index (χ4n) is 11.7. The molecule has 4 aliphatic heterocycles. The van der Waals surface area contributed by atoms with Gasteiger partial charge in [0, 0.05) is 112 Å². The second-order valence-electron chi connectivity index (χ2n) is 23.1. The molecule has 3 aromatic carbocycles. The molecule has 4 N–H and O–H groups in total. The van der Waals surface area contributed by atoms with Crippen LogP contribution in [0.2, 0.25) is 0 Å². The minimum atomic E-state index is -3.08. The molecule has 82 heavy (non-hydrogen) atoms. The summed E-state index contributed by atoms with van der Waals surface area (Å²) in [7, 11) is 0. The lowest BCUT2D eigenvalue weighted by Crippen LogP contribution is -2.59. The molecule has 18 nitrogen and oxygen atoms in total. The lowest BCUT2D eigenvalue weighted by Gasteiger charge is -2.39. The number of nitrogens with one attached hydrogen (secondary N) is 3. The molecule has 0 aliphatic carbocycles. The smallest absolute Gasteiger partial charge is 0.246 e. The number of H-pyrrole nitrogens is 1. The Balaban J connectivity index is 0.686. The van der Waals surface area contributed by atoms with Gasteiger partial charge in [-0.15, -0.1) is 0 Å². The van der Waals surface area contributed by atoms with Crippen molar-refractivity contribution < 1.29 is 46.2 Å². The van der Waals surface area contributed by atoms with Gasteiger partial charge in [0.1, 0.15) is 35.4 Å². The van der Waals surface area contributed by atoms with Crippen molar-refractivity contribution in [1.29, 1.82) is 0 Å². The number of likely N-dealkylation sites (tertiary alicyclic amines) is 1. The topological polar surface area (TPSA) is 214 Å². The van der Waals surface area contributed by atoms with Crippen LogP contribution in [-0.2, 0) is 25.7 Å². The number of pyridine rings is 2. The van der Waals surface area contributed by atoms with Crippen LogP contribution in [-0.4, -0.2) is 168 Å². The molecule has 3 amide bonds. The number of β-amino-alcohol motifs (C(OH)–C–C–N with tert-alkyl or cyclic N) is 1. The van der Waals surface area contributed by atoms with Crippen molar-refractivity contribution in [2.45, 2.75) is 83.8 Å². The highest BCUT2D eigenvalue weighted by Crippen LogP contribution is 2.35. The maximum Gasteiger partial charge on any atom is 0.246 e. The number of carbonyl (C=O) groups excluding carboxylic acids is 4. The Kier molecular flexibility index (Phi) is 17.6. The number of aromatic amines is 1. The van der Waals surface area contributed by atoms with Crippen molar-refractivity contribution in [2.24, 2.45) is 11.3 Å². The quantitative estimate of drug-likeness (QED) is 0.0563. The van der Waals surface area contributed by atoms with Gasteiger partial charge in [-0.1, -0.05) is 57.2 Å². The first-order valence-corrected chi connectivity index (χ1v) is 29.0. The Morgan fingerprint density at radius 3 is 2.16 bits per heavy atom. The summed E-state index contributed by atoms with van der Waals surface area (Å²) in [5.41, 5.74) is 3.49. The van der Waals surface area contributed by atoms with E-state index < -0.39 is 75.6 Å². The molecule has 4 fully saturated rings. The highest BCUT2D eigenvalue weighted by Gasteiger charge is 2.45. The molecular formula is C60H69F3N11O7S-. The van der Waals surface area contributed by atoms with Crippen LogP contribution >= 0.6 is 0 Å². The molecule has 4 saturated heterocycles. The first-order chi connectivity index (χ1) is 39.3. The summed E-state index contributed by atoms with van der Waals surface area (Å²) in [4.78, 5) is 75.5. The van der Waals surface area contributed by atoms with E-state index in [0.717, 1.165) is 90.6 Å². The summed E-state index contributed by atoms with van der Waals surface area (Å²) in [6, 6.07) is 21.0. The van der Waals surface area contributed by atoms with Crippen molar-refractivity contribution in [3.63, 3.8) is 0 Å². The summed E-state index contributed by atoms with van der Waals surface area (Å²) >= 11 is -3.08. The van der Waals surface area contributed by atoms with Gasteiger partial charge in [-0.25, -0.2) is 27.6 Å². The molecule has 10 rings (SSSR count). The van der Waals surface area contributed by atoms with Gasteiger partial charge in [0.05, 0.1) is 42.1 Å². The number of fused-ring (bicyclic) bond motifs is 1. The second kappa shape index (κ2) is 24.8. The number of hydrogen-bond donors (Lipinski definition) is 4. The number of rotatable bonds is 17. The highest BCUT2D eigenvalue weighted by atomic mass is 32.2. The molecule has 4 aliphatic rings. The number of anilines is 2. The average Bonchev–Trinajstić information content (AvgIpc) is 4.26. The fraction of sp³-hybridized carbons (Fsp3) is 0.433. The number of aliphatic hydroxyl groups is 1. The predicted molar refractivity (Wildman–Crippen MR) is 305 cm³/mol. The number of carbonyl (C=O) groups is 4. The van der Waals surface area contributed by atoms with Crippen LogP contribution in [0.25, 0.3) is 33.3 Å².